The molecule has 0 aromatic rings. The molecule has 0 heterocycles. The Labute approximate surface area is 63.2 Å². The lowest BCUT2D eigenvalue weighted by Crippen LogP contribution is -2.09. The van der Waals surface area contributed by atoms with E-state index in [1.54, 1.807) is 7.11 Å². The van der Waals surface area contributed by atoms with Gasteiger partial charge in [-0.15, -0.1) is 0 Å². The number of unbranched alkanes of at least 4 members (excludes halogenated alkanes) is 1. The van der Waals surface area contributed by atoms with Crippen LogP contribution < -0.4 is 0 Å². The van der Waals surface area contributed by atoms with Crippen LogP contribution >= 0.6 is 0 Å². The molecule has 0 amide bonds. The van der Waals surface area contributed by atoms with Crippen molar-refractivity contribution in [1.29, 1.82) is 0 Å². The second-order valence-electron chi connectivity index (χ2n) is 2.43. The molecule has 0 saturated heterocycles. The first-order valence-electron chi connectivity index (χ1n) is 3.77. The first-order valence-corrected chi connectivity index (χ1v) is 3.77. The molecule has 0 aliphatic rings. The van der Waals surface area contributed by atoms with Gasteiger partial charge in [0.2, 0.25) is 0 Å². The molecule has 1 unspecified atom stereocenters. The molecule has 0 bridgehead atoms. The second kappa shape index (κ2) is 7.03. The maximum absolute atomic E-state index is 9.20. The van der Waals surface area contributed by atoms with E-state index in [1.807, 2.05) is 0 Å². The fourth-order valence-electron chi connectivity index (χ4n) is 0.778. The number of aliphatic hydroxyl groups excluding tert-OH is 1. The number of hydrogen-bond donors (Lipinski definition) is 1. The van der Waals surface area contributed by atoms with Gasteiger partial charge in [0.25, 0.3) is 0 Å². The molecule has 0 saturated carbocycles. The topological polar surface area (TPSA) is 29.5 Å². The van der Waals surface area contributed by atoms with Gasteiger partial charge in [-0.05, 0) is 12.8 Å². The van der Waals surface area contributed by atoms with Crippen LogP contribution in [0.1, 0.15) is 25.7 Å². The van der Waals surface area contributed by atoms with Crippen molar-refractivity contribution in [2.45, 2.75) is 31.8 Å². The first-order chi connectivity index (χ1) is 4.81. The lowest BCUT2D eigenvalue weighted by atomic mass is 10.1. The number of methoxy groups -OCH3 is 1. The molecular weight excluding hydrogens is 128 g/mol. The van der Waals surface area contributed by atoms with Crippen molar-refractivity contribution in [2.24, 2.45) is 0 Å². The first kappa shape index (κ1) is 9.92. The highest BCUT2D eigenvalue weighted by Crippen LogP contribution is 2.03. The molecule has 0 spiro atoms. The van der Waals surface area contributed by atoms with Gasteiger partial charge in [-0.25, -0.2) is 0 Å². The van der Waals surface area contributed by atoms with Crippen molar-refractivity contribution < 1.29 is 9.84 Å². The summed E-state index contributed by atoms with van der Waals surface area (Å²) in [7, 11) is 1.65. The third-order valence-corrected chi connectivity index (χ3v) is 1.44. The smallest absolute Gasteiger partial charge is 0.0562 e. The van der Waals surface area contributed by atoms with E-state index in [1.165, 1.54) is 0 Å². The zero-order valence-corrected chi connectivity index (χ0v) is 6.68. The van der Waals surface area contributed by atoms with Crippen molar-refractivity contribution >= 4 is 0 Å². The van der Waals surface area contributed by atoms with E-state index in [0.717, 1.165) is 25.7 Å². The van der Waals surface area contributed by atoms with Gasteiger partial charge in [0.1, 0.15) is 0 Å². The number of aliphatic hydroxyl groups is 1. The molecule has 1 atom stereocenters. The van der Waals surface area contributed by atoms with Gasteiger partial charge < -0.3 is 9.84 Å². The Hall–Kier alpha value is -0.0800. The van der Waals surface area contributed by atoms with Gasteiger partial charge in [-0.1, -0.05) is 19.8 Å². The van der Waals surface area contributed by atoms with Gasteiger partial charge in [0.15, 0.2) is 0 Å². The van der Waals surface area contributed by atoms with Crippen molar-refractivity contribution in [3.63, 3.8) is 0 Å². The van der Waals surface area contributed by atoms with E-state index in [4.69, 9.17) is 4.74 Å². The Morgan fingerprint density at radius 1 is 1.50 bits per heavy atom. The number of ether oxygens (including phenoxy) is 1. The van der Waals surface area contributed by atoms with Crippen molar-refractivity contribution in [3.8, 4) is 0 Å². The summed E-state index contributed by atoms with van der Waals surface area (Å²) in [5.41, 5.74) is 0. The summed E-state index contributed by atoms with van der Waals surface area (Å²) in [6, 6.07) is 0. The predicted octanol–water partition coefficient (Wildman–Crippen LogP) is 1.39. The van der Waals surface area contributed by atoms with Gasteiger partial charge >= 0.3 is 0 Å². The Bertz CT molecular complexity index is 56.3. The van der Waals surface area contributed by atoms with E-state index in [0.29, 0.717) is 6.61 Å². The highest BCUT2D eigenvalue weighted by Gasteiger charge is 2.01. The summed E-state index contributed by atoms with van der Waals surface area (Å²) in [6.07, 6.45) is 3.32. The summed E-state index contributed by atoms with van der Waals surface area (Å²) in [6.45, 7) is 4.35. The van der Waals surface area contributed by atoms with Crippen molar-refractivity contribution in [3.05, 3.63) is 6.92 Å². The van der Waals surface area contributed by atoms with Crippen LogP contribution in [0.15, 0.2) is 0 Å². The van der Waals surface area contributed by atoms with E-state index in [-0.39, 0.29) is 6.10 Å². The lowest BCUT2D eigenvalue weighted by Gasteiger charge is -2.07. The fraction of sp³-hybridized carbons (Fsp3) is 0.875. The minimum atomic E-state index is -0.193. The predicted molar refractivity (Wildman–Crippen MR) is 41.7 cm³/mol. The van der Waals surface area contributed by atoms with Crippen LogP contribution in [0.5, 0.6) is 0 Å². The zero-order valence-electron chi connectivity index (χ0n) is 6.68. The monoisotopic (exact) mass is 145 g/mol. The molecule has 61 valence electrons. The fourth-order valence-corrected chi connectivity index (χ4v) is 0.778. The van der Waals surface area contributed by atoms with E-state index in [9.17, 15) is 5.11 Å². The minimum Gasteiger partial charge on any atom is -0.393 e. The molecular formula is C8H17O2. The standard InChI is InChI=1S/C8H17O2/c1-3-4-5-8(9)6-7-10-2/h8-9H,1,3-7H2,2H3. The normalized spacial score (nSPS) is 13.5. The third kappa shape index (κ3) is 6.05. The van der Waals surface area contributed by atoms with Gasteiger partial charge in [-0.3, -0.25) is 0 Å². The van der Waals surface area contributed by atoms with Crippen LogP contribution in [0.2, 0.25) is 0 Å². The molecule has 10 heavy (non-hydrogen) atoms. The van der Waals surface area contributed by atoms with Gasteiger partial charge in [0.05, 0.1) is 6.10 Å². The Balaban J connectivity index is 3.00. The van der Waals surface area contributed by atoms with Crippen molar-refractivity contribution in [1.82, 2.24) is 0 Å². The summed E-state index contributed by atoms with van der Waals surface area (Å²) >= 11 is 0. The summed E-state index contributed by atoms with van der Waals surface area (Å²) < 4.78 is 4.82. The van der Waals surface area contributed by atoms with Gasteiger partial charge in [-0.2, -0.15) is 0 Å². The maximum Gasteiger partial charge on any atom is 0.0562 e. The van der Waals surface area contributed by atoms with Crippen LogP contribution in [0.3, 0.4) is 0 Å². The van der Waals surface area contributed by atoms with Crippen LogP contribution in [-0.4, -0.2) is 24.9 Å². The summed E-state index contributed by atoms with van der Waals surface area (Å²) in [4.78, 5) is 0. The average Bonchev–Trinajstić information content (AvgIpc) is 1.97. The molecule has 0 aliphatic carbocycles. The number of hydrogen-bond acceptors (Lipinski definition) is 2. The zero-order chi connectivity index (χ0) is 7.82. The van der Waals surface area contributed by atoms with Gasteiger partial charge in [0, 0.05) is 13.7 Å². The largest absolute Gasteiger partial charge is 0.393 e. The van der Waals surface area contributed by atoms with Crippen LogP contribution in [-0.2, 0) is 4.74 Å². The SMILES string of the molecule is [CH2]CCCC(O)CCOC. The molecule has 2 nitrogen and oxygen atoms in total. The Kier molecular flexibility index (Phi) is 6.98. The summed E-state index contributed by atoms with van der Waals surface area (Å²) in [5.74, 6) is 0. The highest BCUT2D eigenvalue weighted by atomic mass is 16.5. The molecule has 0 aromatic carbocycles. The Morgan fingerprint density at radius 2 is 2.20 bits per heavy atom. The highest BCUT2D eigenvalue weighted by molar-refractivity contribution is 4.55. The minimum absolute atomic E-state index is 0.193. The molecule has 0 aromatic heterocycles. The van der Waals surface area contributed by atoms with Crippen LogP contribution in [0, 0.1) is 6.92 Å². The maximum atomic E-state index is 9.20. The van der Waals surface area contributed by atoms with E-state index in [2.05, 4.69) is 6.92 Å². The number of rotatable bonds is 6. The van der Waals surface area contributed by atoms with E-state index >= 15 is 0 Å². The molecule has 0 rings (SSSR count). The van der Waals surface area contributed by atoms with E-state index < -0.39 is 0 Å². The quantitative estimate of drug-likeness (QED) is 0.612. The molecule has 1 radical (unpaired) electrons. The molecule has 0 fully saturated rings. The van der Waals surface area contributed by atoms with Crippen LogP contribution in [0.4, 0.5) is 0 Å². The Morgan fingerprint density at radius 3 is 2.70 bits per heavy atom. The van der Waals surface area contributed by atoms with Crippen molar-refractivity contribution in [2.75, 3.05) is 13.7 Å². The lowest BCUT2D eigenvalue weighted by molar-refractivity contribution is 0.103. The molecule has 2 heteroatoms. The molecule has 1 N–H and O–H groups in total. The summed E-state index contributed by atoms with van der Waals surface area (Å²) in [5, 5.41) is 9.20. The van der Waals surface area contributed by atoms with Crippen LogP contribution in [0.25, 0.3) is 0 Å². The second-order valence-corrected chi connectivity index (χ2v) is 2.43. The average molecular weight is 145 g/mol. The molecule has 0 aliphatic heterocycles. The third-order valence-electron chi connectivity index (χ3n) is 1.44.